The van der Waals surface area contributed by atoms with Crippen LogP contribution in [0.3, 0.4) is 0 Å². The Morgan fingerprint density at radius 3 is 3.31 bits per heavy atom. The lowest BCUT2D eigenvalue weighted by atomic mass is 10.1. The van der Waals surface area contributed by atoms with E-state index in [0.29, 0.717) is 6.04 Å². The molecule has 16 heavy (non-hydrogen) atoms. The quantitative estimate of drug-likeness (QED) is 0.832. The molecule has 3 nitrogen and oxygen atoms in total. The van der Waals surface area contributed by atoms with Crippen molar-refractivity contribution in [2.75, 3.05) is 13.6 Å². The lowest BCUT2D eigenvalue weighted by molar-refractivity contribution is 0.310. The van der Waals surface area contributed by atoms with Gasteiger partial charge in [0.15, 0.2) is 0 Å². The van der Waals surface area contributed by atoms with E-state index < -0.39 is 0 Å². The van der Waals surface area contributed by atoms with E-state index in [2.05, 4.69) is 34.2 Å². The summed E-state index contributed by atoms with van der Waals surface area (Å²) in [5, 5.41) is 0. The molecule has 0 bridgehead atoms. The normalized spacial score (nSPS) is 21.9. The van der Waals surface area contributed by atoms with Gasteiger partial charge >= 0.3 is 0 Å². The van der Waals surface area contributed by atoms with Crippen molar-refractivity contribution in [3.8, 4) is 0 Å². The van der Waals surface area contributed by atoms with E-state index >= 15 is 0 Å². The van der Waals surface area contributed by atoms with Crippen LogP contribution < -0.4 is 0 Å². The van der Waals surface area contributed by atoms with Gasteiger partial charge in [0.2, 0.25) is 0 Å². The second kappa shape index (κ2) is 3.91. The molecule has 3 heteroatoms. The Morgan fingerprint density at radius 2 is 2.50 bits per heavy atom. The fraction of sp³-hybridized carbons (Fsp3) is 0.462. The van der Waals surface area contributed by atoms with Gasteiger partial charge in [0.25, 0.3) is 0 Å². The zero-order valence-corrected chi connectivity index (χ0v) is 9.61. The zero-order valence-electron chi connectivity index (χ0n) is 9.61. The van der Waals surface area contributed by atoms with Gasteiger partial charge in [-0.05, 0) is 50.6 Å². The predicted molar refractivity (Wildman–Crippen MR) is 65.4 cm³/mol. The summed E-state index contributed by atoms with van der Waals surface area (Å²) in [6.07, 6.45) is 7.75. The van der Waals surface area contributed by atoms with Crippen molar-refractivity contribution in [3.63, 3.8) is 0 Å². The highest BCUT2D eigenvalue weighted by Gasteiger charge is 2.22. The number of fused-ring (bicyclic) bond motifs is 1. The fourth-order valence-electron chi connectivity index (χ4n) is 2.66. The monoisotopic (exact) mass is 215 g/mol. The Bertz CT molecular complexity index is 489. The summed E-state index contributed by atoms with van der Waals surface area (Å²) >= 11 is 0. The largest absolute Gasteiger partial charge is 0.360 e. The van der Waals surface area contributed by atoms with E-state index in [-0.39, 0.29) is 0 Å². The lowest BCUT2D eigenvalue weighted by Crippen LogP contribution is -2.26. The Hall–Kier alpha value is -1.35. The van der Waals surface area contributed by atoms with Gasteiger partial charge in [-0.15, -0.1) is 0 Å². The lowest BCUT2D eigenvalue weighted by Gasteiger charge is -2.18. The standard InChI is InChI=1S/C13H17N3/c1-16-7-3-4-11(16)8-10-9-15-12-5-2-6-14-13(10)12/h2,5-6,9,11,15H,3-4,7-8H2,1H3/t11-/m1/s1. The summed E-state index contributed by atoms with van der Waals surface area (Å²) in [4.78, 5) is 10.2. The predicted octanol–water partition coefficient (Wildman–Crippen LogP) is 2.20. The summed E-state index contributed by atoms with van der Waals surface area (Å²) in [5.41, 5.74) is 3.65. The molecule has 3 rings (SSSR count). The molecule has 0 unspecified atom stereocenters. The molecule has 1 saturated heterocycles. The third-order valence-electron chi connectivity index (χ3n) is 3.64. The Labute approximate surface area is 95.5 Å². The summed E-state index contributed by atoms with van der Waals surface area (Å²) in [7, 11) is 2.22. The Morgan fingerprint density at radius 1 is 1.56 bits per heavy atom. The average Bonchev–Trinajstić information content (AvgIpc) is 2.88. The number of nitrogens with one attached hydrogen (secondary N) is 1. The summed E-state index contributed by atoms with van der Waals surface area (Å²) < 4.78 is 0. The molecule has 0 spiro atoms. The van der Waals surface area contributed by atoms with E-state index in [1.54, 1.807) is 0 Å². The molecular weight excluding hydrogens is 198 g/mol. The molecular formula is C13H17N3. The highest BCUT2D eigenvalue weighted by atomic mass is 15.1. The number of likely N-dealkylation sites (tertiary alicyclic amines) is 1. The molecule has 0 saturated carbocycles. The van der Waals surface area contributed by atoms with Gasteiger partial charge in [0.1, 0.15) is 0 Å². The minimum Gasteiger partial charge on any atom is -0.360 e. The highest BCUT2D eigenvalue weighted by molar-refractivity contribution is 5.78. The molecule has 0 aromatic carbocycles. The third-order valence-corrected chi connectivity index (χ3v) is 3.64. The second-order valence-corrected chi connectivity index (χ2v) is 4.69. The van der Waals surface area contributed by atoms with Gasteiger partial charge in [-0.2, -0.15) is 0 Å². The van der Waals surface area contributed by atoms with Gasteiger partial charge in [0.05, 0.1) is 11.0 Å². The zero-order chi connectivity index (χ0) is 11.0. The van der Waals surface area contributed by atoms with Gasteiger partial charge < -0.3 is 9.88 Å². The molecule has 1 fully saturated rings. The van der Waals surface area contributed by atoms with E-state index in [1.165, 1.54) is 24.9 Å². The van der Waals surface area contributed by atoms with Crippen LogP contribution in [0.1, 0.15) is 18.4 Å². The molecule has 0 aliphatic carbocycles. The molecule has 0 amide bonds. The molecule has 1 atom stereocenters. The van der Waals surface area contributed by atoms with Crippen molar-refractivity contribution in [2.45, 2.75) is 25.3 Å². The number of likely N-dealkylation sites (N-methyl/N-ethyl adjacent to an activating group) is 1. The average molecular weight is 215 g/mol. The molecule has 2 aromatic heterocycles. The number of nitrogens with zero attached hydrogens (tertiary/aromatic N) is 2. The fourth-order valence-corrected chi connectivity index (χ4v) is 2.66. The number of hydrogen-bond donors (Lipinski definition) is 1. The minimum absolute atomic E-state index is 0.695. The number of aromatic amines is 1. The van der Waals surface area contributed by atoms with Crippen LogP contribution in [0, 0.1) is 0 Å². The van der Waals surface area contributed by atoms with Crippen LogP contribution in [-0.2, 0) is 6.42 Å². The highest BCUT2D eigenvalue weighted by Crippen LogP contribution is 2.23. The smallest absolute Gasteiger partial charge is 0.0911 e. The van der Waals surface area contributed by atoms with Gasteiger partial charge in [0, 0.05) is 18.4 Å². The maximum absolute atomic E-state index is 4.46. The van der Waals surface area contributed by atoms with Crippen molar-refractivity contribution >= 4 is 11.0 Å². The summed E-state index contributed by atoms with van der Waals surface area (Å²) in [5.74, 6) is 0. The van der Waals surface area contributed by atoms with Crippen molar-refractivity contribution in [1.29, 1.82) is 0 Å². The van der Waals surface area contributed by atoms with Crippen molar-refractivity contribution in [1.82, 2.24) is 14.9 Å². The third kappa shape index (κ3) is 1.61. The molecule has 1 aliphatic heterocycles. The number of aromatic nitrogens is 2. The first kappa shape index (κ1) is 9.85. The first-order valence-electron chi connectivity index (χ1n) is 5.96. The Balaban J connectivity index is 1.89. The second-order valence-electron chi connectivity index (χ2n) is 4.69. The summed E-state index contributed by atoms with van der Waals surface area (Å²) in [6.45, 7) is 1.24. The molecule has 3 heterocycles. The van der Waals surface area contributed by atoms with Crippen molar-refractivity contribution in [2.24, 2.45) is 0 Å². The number of pyridine rings is 1. The van der Waals surface area contributed by atoms with Gasteiger partial charge in [-0.1, -0.05) is 0 Å². The van der Waals surface area contributed by atoms with E-state index in [4.69, 9.17) is 0 Å². The van der Waals surface area contributed by atoms with E-state index in [0.717, 1.165) is 17.5 Å². The summed E-state index contributed by atoms with van der Waals surface area (Å²) in [6, 6.07) is 4.76. The molecule has 1 aliphatic rings. The van der Waals surface area contributed by atoms with Crippen LogP contribution >= 0.6 is 0 Å². The van der Waals surface area contributed by atoms with Crippen molar-refractivity contribution < 1.29 is 0 Å². The van der Waals surface area contributed by atoms with Crippen LogP contribution in [0.15, 0.2) is 24.5 Å². The topological polar surface area (TPSA) is 31.9 Å². The SMILES string of the molecule is CN1CCC[C@@H]1Cc1c[nH]c2cccnc12. The number of hydrogen-bond acceptors (Lipinski definition) is 2. The van der Waals surface area contributed by atoms with Crippen LogP contribution in [0.2, 0.25) is 0 Å². The molecule has 2 aromatic rings. The molecule has 84 valence electrons. The maximum Gasteiger partial charge on any atom is 0.0911 e. The maximum atomic E-state index is 4.46. The van der Waals surface area contributed by atoms with Crippen LogP contribution in [0.5, 0.6) is 0 Å². The van der Waals surface area contributed by atoms with Crippen molar-refractivity contribution in [3.05, 3.63) is 30.1 Å². The number of H-pyrrole nitrogens is 1. The Kier molecular flexibility index (Phi) is 2.40. The first-order valence-corrected chi connectivity index (χ1v) is 5.96. The van der Waals surface area contributed by atoms with Crippen LogP contribution in [-0.4, -0.2) is 34.5 Å². The van der Waals surface area contributed by atoms with E-state index in [1.807, 2.05) is 12.3 Å². The minimum atomic E-state index is 0.695. The van der Waals surface area contributed by atoms with Gasteiger partial charge in [-0.25, -0.2) is 0 Å². The molecule has 0 radical (unpaired) electrons. The van der Waals surface area contributed by atoms with E-state index in [9.17, 15) is 0 Å². The van der Waals surface area contributed by atoms with Crippen LogP contribution in [0.4, 0.5) is 0 Å². The molecule has 1 N–H and O–H groups in total. The van der Waals surface area contributed by atoms with Crippen LogP contribution in [0.25, 0.3) is 11.0 Å². The number of rotatable bonds is 2. The van der Waals surface area contributed by atoms with Gasteiger partial charge in [-0.3, -0.25) is 4.98 Å². The first-order chi connectivity index (χ1) is 7.84.